The summed E-state index contributed by atoms with van der Waals surface area (Å²) in [6.45, 7) is 1.42. The van der Waals surface area contributed by atoms with Gasteiger partial charge in [0.1, 0.15) is 6.04 Å². The number of morpholine rings is 1. The zero-order valence-corrected chi connectivity index (χ0v) is 27.8. The quantitative estimate of drug-likeness (QED) is 0.128. The van der Waals surface area contributed by atoms with Gasteiger partial charge in [-0.15, -0.1) is 10.2 Å². The summed E-state index contributed by atoms with van der Waals surface area (Å²) in [7, 11) is 1.44. The molecule has 3 heterocycles. The van der Waals surface area contributed by atoms with E-state index in [1.807, 2.05) is 97.1 Å². The molecule has 5 aromatic rings. The van der Waals surface area contributed by atoms with Crippen molar-refractivity contribution in [1.82, 2.24) is 25.4 Å². The zero-order valence-electron chi connectivity index (χ0n) is 27.0. The highest BCUT2D eigenvalue weighted by atomic mass is 32.2. The van der Waals surface area contributed by atoms with Crippen LogP contribution < -0.4 is 10.6 Å². The van der Waals surface area contributed by atoms with Crippen LogP contribution in [0.2, 0.25) is 0 Å². The molecule has 1 saturated heterocycles. The normalized spacial score (nSPS) is 16.6. The molecule has 11 nitrogen and oxygen atoms in total. The van der Waals surface area contributed by atoms with Gasteiger partial charge in [0.05, 0.1) is 12.2 Å². The Morgan fingerprint density at radius 2 is 1.57 bits per heavy atom. The van der Waals surface area contributed by atoms with Crippen LogP contribution in [0.15, 0.2) is 119 Å². The maximum atomic E-state index is 14.1. The highest BCUT2D eigenvalue weighted by Crippen LogP contribution is 2.32. The van der Waals surface area contributed by atoms with Gasteiger partial charge < -0.3 is 24.9 Å². The summed E-state index contributed by atoms with van der Waals surface area (Å²) in [6, 6.07) is 29.3. The first-order valence-electron chi connectivity index (χ1n) is 16.1. The van der Waals surface area contributed by atoms with Crippen LogP contribution in [0.1, 0.15) is 29.0 Å². The third kappa shape index (κ3) is 8.71. The minimum atomic E-state index is -1.19. The number of amides is 2. The van der Waals surface area contributed by atoms with E-state index in [-0.39, 0.29) is 12.2 Å². The van der Waals surface area contributed by atoms with E-state index in [0.29, 0.717) is 42.1 Å². The van der Waals surface area contributed by atoms with Crippen molar-refractivity contribution in [1.29, 1.82) is 0 Å². The lowest BCUT2D eigenvalue weighted by Gasteiger charge is -2.33. The molecule has 0 spiro atoms. The Morgan fingerprint density at radius 1 is 0.918 bits per heavy atom. The second-order valence-corrected chi connectivity index (χ2v) is 12.8. The molecule has 2 aromatic heterocycles. The molecule has 0 radical (unpaired) electrons. The molecule has 252 valence electrons. The highest BCUT2D eigenvalue weighted by molar-refractivity contribution is 7.99. The van der Waals surface area contributed by atoms with Crippen molar-refractivity contribution in [2.75, 3.05) is 31.2 Å². The molecule has 2 amide bonds. The van der Waals surface area contributed by atoms with Crippen molar-refractivity contribution in [3.63, 3.8) is 0 Å². The summed E-state index contributed by atoms with van der Waals surface area (Å²) in [4.78, 5) is 31.6. The minimum absolute atomic E-state index is 0.0374. The van der Waals surface area contributed by atoms with Gasteiger partial charge in [-0.2, -0.15) is 0 Å². The van der Waals surface area contributed by atoms with E-state index in [0.717, 1.165) is 33.6 Å². The van der Waals surface area contributed by atoms with Crippen molar-refractivity contribution in [2.45, 2.75) is 42.2 Å². The van der Waals surface area contributed by atoms with Crippen LogP contribution in [0, 0.1) is 0 Å². The van der Waals surface area contributed by atoms with Crippen LogP contribution in [-0.2, 0) is 16.0 Å². The predicted octanol–water partition coefficient (Wildman–Crippen LogP) is 5.96. The van der Waals surface area contributed by atoms with Gasteiger partial charge in [0.15, 0.2) is 0 Å². The molecular weight excluding hydrogens is 641 g/mol. The summed E-state index contributed by atoms with van der Waals surface area (Å²) in [5.41, 5.74) is 4.10. The molecule has 1 aliphatic heterocycles. The van der Waals surface area contributed by atoms with Gasteiger partial charge in [-0.05, 0) is 47.7 Å². The van der Waals surface area contributed by atoms with E-state index < -0.39 is 24.0 Å². The Kier molecular flexibility index (Phi) is 11.3. The Hall–Kier alpha value is -5.04. The monoisotopic (exact) mass is 678 g/mol. The van der Waals surface area contributed by atoms with Gasteiger partial charge in [-0.25, -0.2) is 4.79 Å². The molecule has 49 heavy (non-hydrogen) atoms. The van der Waals surface area contributed by atoms with E-state index in [2.05, 4.69) is 25.8 Å². The molecule has 0 unspecified atom stereocenters. The second kappa shape index (κ2) is 16.4. The van der Waals surface area contributed by atoms with Crippen LogP contribution in [-0.4, -0.2) is 81.3 Å². The lowest BCUT2D eigenvalue weighted by molar-refractivity contribution is -0.120. The molecule has 12 heteroatoms. The maximum Gasteiger partial charge on any atom is 0.407 e. The third-order valence-electron chi connectivity index (χ3n) is 8.49. The fourth-order valence-electron chi connectivity index (χ4n) is 6.02. The number of nitrogens with one attached hydrogen (secondary N) is 2. The van der Waals surface area contributed by atoms with E-state index in [4.69, 9.17) is 9.15 Å². The van der Waals surface area contributed by atoms with Crippen molar-refractivity contribution in [3.8, 4) is 11.5 Å². The largest absolute Gasteiger partial charge is 0.465 e. The smallest absolute Gasteiger partial charge is 0.407 e. The molecule has 3 atom stereocenters. The van der Waals surface area contributed by atoms with E-state index in [1.165, 1.54) is 18.8 Å². The number of carboxylic acid groups (broad SMARTS) is 1. The van der Waals surface area contributed by atoms with Gasteiger partial charge in [-0.3, -0.25) is 14.7 Å². The van der Waals surface area contributed by atoms with E-state index in [1.54, 1.807) is 12.4 Å². The average molecular weight is 679 g/mol. The lowest BCUT2D eigenvalue weighted by atomic mass is 9.84. The first kappa shape index (κ1) is 33.8. The Balaban J connectivity index is 1.11. The van der Waals surface area contributed by atoms with Crippen molar-refractivity contribution < 1.29 is 23.8 Å². The van der Waals surface area contributed by atoms with Crippen molar-refractivity contribution in [2.24, 2.45) is 0 Å². The number of nitrogens with zero attached hydrogens (tertiary/aromatic N) is 4. The number of anilines is 1. The molecule has 0 bridgehead atoms. The number of benzene rings is 3. The lowest BCUT2D eigenvalue weighted by Crippen LogP contribution is -2.48. The summed E-state index contributed by atoms with van der Waals surface area (Å²) < 4.78 is 12.2. The number of ether oxygens (including phenoxy) is 1. The fraction of sp³-hybridized carbons (Fsp3) is 0.270. The molecular formula is C37H38N6O5S. The molecule has 6 rings (SSSR count). The van der Waals surface area contributed by atoms with Crippen molar-refractivity contribution >= 4 is 29.4 Å². The number of rotatable bonds is 13. The highest BCUT2D eigenvalue weighted by Gasteiger charge is 2.37. The standard InChI is InChI=1S/C37H38N6O5S/c1-43(37(45)46)33(32(26-11-4-2-5-12-26)27-13-6-3-7-14-27)34(44)40-31-15-9-8-10-25(31)16-17-29-22-39-23-30(47-29)24-49-36-42-41-35(48-36)28-18-20-38-21-19-28/h2-15,18-21,29-30,32-33,39H,16-17,22-24H2,1H3,(H,40,44)(H,45,46)/t29-,30+,33+/m1/s1. The number of carbonyl (C=O) groups is 2. The number of pyridine rings is 1. The van der Waals surface area contributed by atoms with Crippen LogP contribution in [0.25, 0.3) is 11.5 Å². The molecule has 3 N–H and O–H groups in total. The number of thioether (sulfide) groups is 1. The van der Waals surface area contributed by atoms with Gasteiger partial charge in [0, 0.05) is 55.5 Å². The number of para-hydroxylation sites is 1. The van der Waals surface area contributed by atoms with Crippen LogP contribution in [0.3, 0.4) is 0 Å². The van der Waals surface area contributed by atoms with Crippen LogP contribution >= 0.6 is 11.8 Å². The number of aromatic nitrogens is 3. The van der Waals surface area contributed by atoms with E-state index in [9.17, 15) is 14.7 Å². The number of likely N-dealkylation sites (N-methyl/N-ethyl adjacent to an activating group) is 1. The van der Waals surface area contributed by atoms with Crippen LogP contribution in [0.5, 0.6) is 0 Å². The third-order valence-corrected chi connectivity index (χ3v) is 9.44. The Morgan fingerprint density at radius 3 is 2.27 bits per heavy atom. The molecule has 1 fully saturated rings. The summed E-state index contributed by atoms with van der Waals surface area (Å²) in [6.07, 6.45) is 3.48. The maximum absolute atomic E-state index is 14.1. The fourth-order valence-corrected chi connectivity index (χ4v) is 6.78. The molecule has 1 aliphatic rings. The Labute approximate surface area is 289 Å². The first-order valence-corrected chi connectivity index (χ1v) is 17.1. The SMILES string of the molecule is CN(C(=O)O)[C@H](C(=O)Nc1ccccc1CC[C@@H]1CNC[C@@H](CSc2nnc(-c3ccncc3)o2)O1)C(c1ccccc1)c1ccccc1. The van der Waals surface area contributed by atoms with Gasteiger partial charge in [0.25, 0.3) is 5.22 Å². The summed E-state index contributed by atoms with van der Waals surface area (Å²) >= 11 is 1.46. The molecule has 0 aliphatic carbocycles. The van der Waals surface area contributed by atoms with Crippen molar-refractivity contribution in [3.05, 3.63) is 126 Å². The second-order valence-electron chi connectivity index (χ2n) is 11.8. The molecule has 3 aromatic carbocycles. The van der Waals surface area contributed by atoms with Gasteiger partial charge in [-0.1, -0.05) is 90.6 Å². The van der Waals surface area contributed by atoms with E-state index >= 15 is 0 Å². The number of hydrogen-bond donors (Lipinski definition) is 3. The number of carbonyl (C=O) groups excluding carboxylic acids is 1. The molecule has 0 saturated carbocycles. The van der Waals surface area contributed by atoms with Gasteiger partial charge in [0.2, 0.25) is 11.8 Å². The first-order chi connectivity index (χ1) is 24.0. The number of aryl methyl sites for hydroxylation is 1. The topological polar surface area (TPSA) is 143 Å². The zero-order chi connectivity index (χ0) is 34.0. The predicted molar refractivity (Wildman–Crippen MR) is 187 cm³/mol. The Bertz CT molecular complexity index is 1770. The average Bonchev–Trinajstić information content (AvgIpc) is 3.63. The summed E-state index contributed by atoms with van der Waals surface area (Å²) in [5, 5.41) is 25.4. The summed E-state index contributed by atoms with van der Waals surface area (Å²) in [5.74, 6) is 0.168. The minimum Gasteiger partial charge on any atom is -0.465 e. The van der Waals surface area contributed by atoms with Crippen LogP contribution in [0.4, 0.5) is 10.5 Å². The van der Waals surface area contributed by atoms with Gasteiger partial charge >= 0.3 is 6.09 Å². The number of hydrogen-bond acceptors (Lipinski definition) is 9.